The SMILES string of the molecule is CC(CCC(=O)O)NC(=O)C=Cc1ccccc1[N+](=O)[O-]. The minimum atomic E-state index is -0.924. The lowest BCUT2D eigenvalue weighted by Crippen LogP contribution is -2.31. The van der Waals surface area contributed by atoms with Gasteiger partial charge in [0.15, 0.2) is 0 Å². The minimum Gasteiger partial charge on any atom is -0.481 e. The zero-order valence-corrected chi connectivity index (χ0v) is 11.5. The molecular formula is C14H16N2O5. The van der Waals surface area contributed by atoms with Crippen LogP contribution >= 0.6 is 0 Å². The van der Waals surface area contributed by atoms with Gasteiger partial charge in [-0.05, 0) is 25.5 Å². The molecule has 0 aromatic heterocycles. The van der Waals surface area contributed by atoms with Crippen LogP contribution in [0.3, 0.4) is 0 Å². The molecule has 0 saturated carbocycles. The number of carboxylic acid groups (broad SMARTS) is 1. The Morgan fingerprint density at radius 1 is 1.43 bits per heavy atom. The number of hydrogen-bond acceptors (Lipinski definition) is 4. The van der Waals surface area contributed by atoms with Gasteiger partial charge < -0.3 is 10.4 Å². The van der Waals surface area contributed by atoms with E-state index >= 15 is 0 Å². The van der Waals surface area contributed by atoms with Crippen molar-refractivity contribution in [3.63, 3.8) is 0 Å². The van der Waals surface area contributed by atoms with Gasteiger partial charge >= 0.3 is 5.97 Å². The fraction of sp³-hybridized carbons (Fsp3) is 0.286. The normalized spacial score (nSPS) is 12.0. The predicted octanol–water partition coefficient (Wildman–Crippen LogP) is 1.98. The Labute approximate surface area is 121 Å². The number of amides is 1. The maximum Gasteiger partial charge on any atom is 0.303 e. The number of benzene rings is 1. The van der Waals surface area contributed by atoms with Gasteiger partial charge in [0.25, 0.3) is 5.69 Å². The van der Waals surface area contributed by atoms with Gasteiger partial charge in [0, 0.05) is 24.6 Å². The average Bonchev–Trinajstić information content (AvgIpc) is 2.43. The Morgan fingerprint density at radius 3 is 2.71 bits per heavy atom. The first-order valence-corrected chi connectivity index (χ1v) is 6.34. The summed E-state index contributed by atoms with van der Waals surface area (Å²) >= 11 is 0. The van der Waals surface area contributed by atoms with Crippen molar-refractivity contribution in [3.8, 4) is 0 Å². The molecule has 0 aliphatic heterocycles. The highest BCUT2D eigenvalue weighted by molar-refractivity contribution is 5.92. The monoisotopic (exact) mass is 292 g/mol. The van der Waals surface area contributed by atoms with Gasteiger partial charge in [-0.15, -0.1) is 0 Å². The lowest BCUT2D eigenvalue weighted by atomic mass is 10.1. The summed E-state index contributed by atoms with van der Waals surface area (Å²) in [5.41, 5.74) is 0.247. The van der Waals surface area contributed by atoms with E-state index in [0.29, 0.717) is 12.0 Å². The number of nitro groups is 1. The number of nitrogens with one attached hydrogen (secondary N) is 1. The van der Waals surface area contributed by atoms with Gasteiger partial charge in [0.05, 0.1) is 10.5 Å². The van der Waals surface area contributed by atoms with E-state index in [-0.39, 0.29) is 18.2 Å². The minimum absolute atomic E-state index is 0.0324. The highest BCUT2D eigenvalue weighted by Gasteiger charge is 2.10. The molecule has 112 valence electrons. The summed E-state index contributed by atoms with van der Waals surface area (Å²) in [7, 11) is 0. The van der Waals surface area contributed by atoms with Gasteiger partial charge in [-0.1, -0.05) is 12.1 Å². The zero-order chi connectivity index (χ0) is 15.8. The Hall–Kier alpha value is -2.70. The predicted molar refractivity (Wildman–Crippen MR) is 76.6 cm³/mol. The summed E-state index contributed by atoms with van der Waals surface area (Å²) in [4.78, 5) is 32.3. The molecule has 0 fully saturated rings. The summed E-state index contributed by atoms with van der Waals surface area (Å²) in [5, 5.41) is 21.9. The smallest absolute Gasteiger partial charge is 0.303 e. The summed E-state index contributed by atoms with van der Waals surface area (Å²) < 4.78 is 0. The van der Waals surface area contributed by atoms with Crippen molar-refractivity contribution < 1.29 is 19.6 Å². The van der Waals surface area contributed by atoms with Crippen LogP contribution in [0.25, 0.3) is 6.08 Å². The van der Waals surface area contributed by atoms with Crippen molar-refractivity contribution in [2.75, 3.05) is 0 Å². The number of hydrogen-bond donors (Lipinski definition) is 2. The van der Waals surface area contributed by atoms with E-state index in [1.54, 1.807) is 19.1 Å². The van der Waals surface area contributed by atoms with Crippen molar-refractivity contribution in [1.29, 1.82) is 0 Å². The van der Waals surface area contributed by atoms with Crippen LogP contribution in [0.2, 0.25) is 0 Å². The van der Waals surface area contributed by atoms with E-state index in [0.717, 1.165) is 0 Å². The second-order valence-corrected chi connectivity index (χ2v) is 4.49. The topological polar surface area (TPSA) is 110 Å². The first-order valence-electron chi connectivity index (χ1n) is 6.34. The van der Waals surface area contributed by atoms with Gasteiger partial charge in [-0.2, -0.15) is 0 Å². The van der Waals surface area contributed by atoms with Crippen LogP contribution in [0.4, 0.5) is 5.69 Å². The number of carbonyl (C=O) groups excluding carboxylic acids is 1. The highest BCUT2D eigenvalue weighted by atomic mass is 16.6. The van der Waals surface area contributed by atoms with Crippen LogP contribution in [-0.2, 0) is 9.59 Å². The van der Waals surface area contributed by atoms with E-state index in [9.17, 15) is 19.7 Å². The average molecular weight is 292 g/mol. The van der Waals surface area contributed by atoms with E-state index < -0.39 is 16.8 Å². The fourth-order valence-corrected chi connectivity index (χ4v) is 1.66. The number of carbonyl (C=O) groups is 2. The van der Waals surface area contributed by atoms with Crippen LogP contribution in [0, 0.1) is 10.1 Å². The summed E-state index contributed by atoms with van der Waals surface area (Å²) in [5.74, 6) is -1.35. The standard InChI is InChI=1S/C14H16N2O5/c1-10(6-9-14(18)19)15-13(17)8-7-11-4-2-3-5-12(11)16(20)21/h2-5,7-8,10H,6,9H2,1H3,(H,15,17)(H,18,19). The van der Waals surface area contributed by atoms with Crippen molar-refractivity contribution in [1.82, 2.24) is 5.32 Å². The lowest BCUT2D eigenvalue weighted by Gasteiger charge is -2.10. The molecule has 0 radical (unpaired) electrons. The molecule has 1 atom stereocenters. The molecule has 7 nitrogen and oxygen atoms in total. The number of aliphatic carboxylic acids is 1. The quantitative estimate of drug-likeness (QED) is 0.453. The third-order valence-corrected chi connectivity index (χ3v) is 2.73. The van der Waals surface area contributed by atoms with Crippen molar-refractivity contribution in [3.05, 3.63) is 46.0 Å². The molecule has 1 unspecified atom stereocenters. The number of carboxylic acids is 1. The fourth-order valence-electron chi connectivity index (χ4n) is 1.66. The largest absolute Gasteiger partial charge is 0.481 e. The Morgan fingerprint density at radius 2 is 2.10 bits per heavy atom. The molecule has 0 bridgehead atoms. The summed E-state index contributed by atoms with van der Waals surface area (Å²) in [6.45, 7) is 1.69. The Kier molecular flexibility index (Phi) is 6.06. The summed E-state index contributed by atoms with van der Waals surface area (Å²) in [6.07, 6.45) is 2.84. The molecule has 0 aliphatic carbocycles. The third kappa shape index (κ3) is 5.85. The lowest BCUT2D eigenvalue weighted by molar-refractivity contribution is -0.385. The molecular weight excluding hydrogens is 276 g/mol. The van der Waals surface area contributed by atoms with Gasteiger partial charge in [0.2, 0.25) is 5.91 Å². The molecule has 0 spiro atoms. The van der Waals surface area contributed by atoms with Crippen LogP contribution in [0.5, 0.6) is 0 Å². The van der Waals surface area contributed by atoms with Gasteiger partial charge in [-0.3, -0.25) is 19.7 Å². The van der Waals surface area contributed by atoms with Gasteiger partial charge in [-0.25, -0.2) is 0 Å². The second-order valence-electron chi connectivity index (χ2n) is 4.49. The van der Waals surface area contributed by atoms with Crippen molar-refractivity contribution >= 4 is 23.6 Å². The van der Waals surface area contributed by atoms with Crippen LogP contribution < -0.4 is 5.32 Å². The molecule has 0 saturated heterocycles. The first-order chi connectivity index (χ1) is 9.90. The van der Waals surface area contributed by atoms with E-state index in [4.69, 9.17) is 5.11 Å². The van der Waals surface area contributed by atoms with E-state index in [1.165, 1.54) is 24.3 Å². The maximum atomic E-state index is 11.6. The van der Waals surface area contributed by atoms with E-state index in [1.807, 2.05) is 0 Å². The van der Waals surface area contributed by atoms with E-state index in [2.05, 4.69) is 5.32 Å². The second kappa shape index (κ2) is 7.78. The number of nitrogens with zero attached hydrogens (tertiary/aromatic N) is 1. The number of nitro benzene ring substituents is 1. The highest BCUT2D eigenvalue weighted by Crippen LogP contribution is 2.18. The van der Waals surface area contributed by atoms with Crippen molar-refractivity contribution in [2.24, 2.45) is 0 Å². The van der Waals surface area contributed by atoms with Crippen molar-refractivity contribution in [2.45, 2.75) is 25.8 Å². The molecule has 1 aromatic rings. The molecule has 1 aromatic carbocycles. The number of rotatable bonds is 7. The first kappa shape index (κ1) is 16.4. The molecule has 1 amide bonds. The molecule has 2 N–H and O–H groups in total. The molecule has 0 aliphatic rings. The molecule has 1 rings (SSSR count). The molecule has 21 heavy (non-hydrogen) atoms. The van der Waals surface area contributed by atoms with Crippen LogP contribution in [0.1, 0.15) is 25.3 Å². The van der Waals surface area contributed by atoms with Crippen LogP contribution in [-0.4, -0.2) is 27.9 Å². The Bertz CT molecular complexity index is 568. The maximum absolute atomic E-state index is 11.6. The Balaban J connectivity index is 2.62. The zero-order valence-electron chi connectivity index (χ0n) is 11.5. The third-order valence-electron chi connectivity index (χ3n) is 2.73. The van der Waals surface area contributed by atoms with Gasteiger partial charge in [0.1, 0.15) is 0 Å². The van der Waals surface area contributed by atoms with Crippen LogP contribution in [0.15, 0.2) is 30.3 Å². The summed E-state index contributed by atoms with van der Waals surface area (Å²) in [6, 6.07) is 5.79. The molecule has 0 heterocycles. The number of para-hydroxylation sites is 1. The molecule has 7 heteroatoms.